The predicted molar refractivity (Wildman–Crippen MR) is 93.7 cm³/mol. The molecule has 0 unspecified atom stereocenters. The molecule has 0 fully saturated rings. The highest BCUT2D eigenvalue weighted by molar-refractivity contribution is 7.14. The number of fused-ring (bicyclic) bond motifs is 1. The molecule has 132 valence electrons. The standard InChI is InChI=1S/C18H20N2O4S/c1-20-9-5-7-13(20)17(22)19-16(21)11-24-18(23)15-10-12-6-3-2-4-8-14(12)25-15/h5,7,9-10H,2-4,6,8,11H2,1H3,(H,19,21,22). The maximum Gasteiger partial charge on any atom is 0.348 e. The average Bonchev–Trinajstić information content (AvgIpc) is 3.13. The average molecular weight is 360 g/mol. The summed E-state index contributed by atoms with van der Waals surface area (Å²) in [4.78, 5) is 37.7. The Morgan fingerprint density at radius 3 is 2.80 bits per heavy atom. The molecule has 1 N–H and O–H groups in total. The first kappa shape index (κ1) is 17.4. The van der Waals surface area contributed by atoms with Gasteiger partial charge in [-0.25, -0.2) is 4.79 Å². The van der Waals surface area contributed by atoms with Crippen molar-refractivity contribution in [3.8, 4) is 0 Å². The van der Waals surface area contributed by atoms with Crippen molar-refractivity contribution in [3.63, 3.8) is 0 Å². The van der Waals surface area contributed by atoms with Crippen LogP contribution in [0.4, 0.5) is 0 Å². The van der Waals surface area contributed by atoms with E-state index in [0.29, 0.717) is 10.6 Å². The van der Waals surface area contributed by atoms with E-state index < -0.39 is 24.4 Å². The lowest BCUT2D eigenvalue weighted by Gasteiger charge is -2.05. The predicted octanol–water partition coefficient (Wildman–Crippen LogP) is 2.47. The van der Waals surface area contributed by atoms with Crippen molar-refractivity contribution in [1.82, 2.24) is 9.88 Å². The SMILES string of the molecule is Cn1cccc1C(=O)NC(=O)COC(=O)c1cc2c(s1)CCCCC2. The molecule has 0 aromatic carbocycles. The van der Waals surface area contributed by atoms with Crippen LogP contribution in [0, 0.1) is 0 Å². The third-order valence-electron chi connectivity index (χ3n) is 4.21. The summed E-state index contributed by atoms with van der Waals surface area (Å²) in [6.45, 7) is -0.475. The van der Waals surface area contributed by atoms with Gasteiger partial charge in [0.05, 0.1) is 0 Å². The van der Waals surface area contributed by atoms with Crippen molar-refractivity contribution in [3.05, 3.63) is 45.4 Å². The van der Waals surface area contributed by atoms with Gasteiger partial charge in [0.15, 0.2) is 6.61 Å². The molecule has 0 radical (unpaired) electrons. The molecule has 2 aromatic rings. The number of nitrogens with zero attached hydrogens (tertiary/aromatic N) is 1. The summed E-state index contributed by atoms with van der Waals surface area (Å²) < 4.78 is 6.65. The van der Waals surface area contributed by atoms with E-state index in [2.05, 4.69) is 5.32 Å². The van der Waals surface area contributed by atoms with Crippen LogP contribution in [0.15, 0.2) is 24.4 Å². The smallest absolute Gasteiger partial charge is 0.348 e. The first-order chi connectivity index (χ1) is 12.0. The third kappa shape index (κ3) is 4.17. The van der Waals surface area contributed by atoms with Gasteiger partial charge in [-0.2, -0.15) is 0 Å². The zero-order chi connectivity index (χ0) is 17.8. The summed E-state index contributed by atoms with van der Waals surface area (Å²) in [6, 6.07) is 5.19. The largest absolute Gasteiger partial charge is 0.451 e. The van der Waals surface area contributed by atoms with Gasteiger partial charge in [-0.3, -0.25) is 14.9 Å². The Bertz CT molecular complexity index is 782. The van der Waals surface area contributed by atoms with Gasteiger partial charge in [0.2, 0.25) is 0 Å². The summed E-state index contributed by atoms with van der Waals surface area (Å²) >= 11 is 1.45. The van der Waals surface area contributed by atoms with E-state index >= 15 is 0 Å². The highest BCUT2D eigenvalue weighted by Crippen LogP contribution is 2.29. The zero-order valence-corrected chi connectivity index (χ0v) is 14.9. The summed E-state index contributed by atoms with van der Waals surface area (Å²) in [5.41, 5.74) is 1.58. The molecule has 2 amide bonds. The van der Waals surface area contributed by atoms with E-state index in [1.807, 2.05) is 6.07 Å². The number of imide groups is 1. The minimum atomic E-state index is -0.641. The van der Waals surface area contributed by atoms with Crippen LogP contribution in [-0.2, 0) is 29.4 Å². The van der Waals surface area contributed by atoms with E-state index in [-0.39, 0.29) is 0 Å². The molecule has 0 saturated carbocycles. The van der Waals surface area contributed by atoms with E-state index in [9.17, 15) is 14.4 Å². The number of aromatic nitrogens is 1. The maximum atomic E-state index is 12.1. The second-order valence-corrected chi connectivity index (χ2v) is 7.21. The summed E-state index contributed by atoms with van der Waals surface area (Å²) in [6.07, 6.45) is 7.20. The first-order valence-electron chi connectivity index (χ1n) is 8.29. The van der Waals surface area contributed by atoms with Crippen LogP contribution in [0.5, 0.6) is 0 Å². The van der Waals surface area contributed by atoms with Crippen molar-refractivity contribution < 1.29 is 19.1 Å². The number of aryl methyl sites for hydroxylation is 3. The van der Waals surface area contributed by atoms with Crippen LogP contribution in [0.3, 0.4) is 0 Å². The van der Waals surface area contributed by atoms with Crippen LogP contribution < -0.4 is 5.32 Å². The minimum Gasteiger partial charge on any atom is -0.451 e. The second kappa shape index (κ2) is 7.65. The third-order valence-corrected chi connectivity index (χ3v) is 5.43. The lowest BCUT2D eigenvalue weighted by atomic mass is 10.1. The fourth-order valence-corrected chi connectivity index (χ4v) is 4.04. The van der Waals surface area contributed by atoms with Crippen molar-refractivity contribution in [1.29, 1.82) is 0 Å². The quantitative estimate of drug-likeness (QED) is 0.671. The number of amides is 2. The number of ether oxygens (including phenoxy) is 1. The van der Waals surface area contributed by atoms with E-state index in [0.717, 1.165) is 25.7 Å². The Labute approximate surface area is 149 Å². The van der Waals surface area contributed by atoms with Gasteiger partial charge >= 0.3 is 5.97 Å². The molecule has 0 saturated heterocycles. The number of nitrogens with one attached hydrogen (secondary N) is 1. The molecule has 1 aliphatic rings. The Morgan fingerprint density at radius 1 is 1.24 bits per heavy atom. The highest BCUT2D eigenvalue weighted by Gasteiger charge is 2.19. The summed E-state index contributed by atoms with van der Waals surface area (Å²) in [5.74, 6) is -1.67. The monoisotopic (exact) mass is 360 g/mol. The lowest BCUT2D eigenvalue weighted by molar-refractivity contribution is -0.123. The van der Waals surface area contributed by atoms with Crippen molar-refractivity contribution >= 4 is 29.1 Å². The summed E-state index contributed by atoms with van der Waals surface area (Å²) in [7, 11) is 1.71. The molecule has 7 heteroatoms. The van der Waals surface area contributed by atoms with Gasteiger partial charge in [0.25, 0.3) is 11.8 Å². The van der Waals surface area contributed by atoms with Gasteiger partial charge in [-0.15, -0.1) is 11.3 Å². The topological polar surface area (TPSA) is 77.4 Å². The molecule has 6 nitrogen and oxygen atoms in total. The van der Waals surface area contributed by atoms with Gasteiger partial charge < -0.3 is 9.30 Å². The van der Waals surface area contributed by atoms with Crippen LogP contribution in [0.1, 0.15) is 49.9 Å². The minimum absolute atomic E-state index is 0.363. The molecule has 0 aliphatic heterocycles. The number of rotatable bonds is 4. The van der Waals surface area contributed by atoms with Crippen LogP contribution in [0.25, 0.3) is 0 Å². The molecule has 3 rings (SSSR count). The lowest BCUT2D eigenvalue weighted by Crippen LogP contribution is -2.35. The molecule has 2 heterocycles. The number of hydrogen-bond donors (Lipinski definition) is 1. The molecule has 0 bridgehead atoms. The van der Waals surface area contributed by atoms with Gasteiger partial charge in [0.1, 0.15) is 10.6 Å². The van der Waals surface area contributed by atoms with Crippen LogP contribution >= 0.6 is 11.3 Å². The van der Waals surface area contributed by atoms with Crippen molar-refractivity contribution in [2.75, 3.05) is 6.61 Å². The van der Waals surface area contributed by atoms with Crippen LogP contribution in [0.2, 0.25) is 0 Å². The fourth-order valence-electron chi connectivity index (χ4n) is 2.89. The van der Waals surface area contributed by atoms with E-state index in [1.54, 1.807) is 29.9 Å². The van der Waals surface area contributed by atoms with Gasteiger partial charge in [0, 0.05) is 18.1 Å². The van der Waals surface area contributed by atoms with E-state index in [4.69, 9.17) is 4.74 Å². The number of hydrogen-bond acceptors (Lipinski definition) is 5. The molecule has 25 heavy (non-hydrogen) atoms. The first-order valence-corrected chi connectivity index (χ1v) is 9.10. The Morgan fingerprint density at radius 2 is 2.04 bits per heavy atom. The van der Waals surface area contributed by atoms with Gasteiger partial charge in [-0.05, 0) is 49.4 Å². The molecule has 2 aromatic heterocycles. The van der Waals surface area contributed by atoms with Gasteiger partial charge in [-0.1, -0.05) is 6.42 Å². The Kier molecular flexibility index (Phi) is 5.33. The second-order valence-electron chi connectivity index (χ2n) is 6.08. The Balaban J connectivity index is 1.53. The summed E-state index contributed by atoms with van der Waals surface area (Å²) in [5, 5.41) is 2.21. The number of carbonyl (C=O) groups excluding carboxylic acids is 3. The number of esters is 1. The molecular formula is C18H20N2O4S. The maximum absolute atomic E-state index is 12.1. The normalized spacial score (nSPS) is 13.6. The molecular weight excluding hydrogens is 340 g/mol. The fraction of sp³-hybridized carbons (Fsp3) is 0.389. The van der Waals surface area contributed by atoms with Crippen molar-refractivity contribution in [2.24, 2.45) is 7.05 Å². The number of thiophene rings is 1. The Hall–Kier alpha value is -2.41. The number of carbonyl (C=O) groups is 3. The zero-order valence-electron chi connectivity index (χ0n) is 14.0. The van der Waals surface area contributed by atoms with E-state index in [1.165, 1.54) is 28.2 Å². The van der Waals surface area contributed by atoms with Crippen molar-refractivity contribution in [2.45, 2.75) is 32.1 Å². The highest BCUT2D eigenvalue weighted by atomic mass is 32.1. The molecule has 1 aliphatic carbocycles. The molecule has 0 spiro atoms. The molecule has 0 atom stereocenters. The van der Waals surface area contributed by atoms with Crippen LogP contribution in [-0.4, -0.2) is 29.0 Å².